The quantitative estimate of drug-likeness (QED) is 0.682. The Hall–Kier alpha value is -0.710. The number of carbonyl (C=O) groups is 2. The summed E-state index contributed by atoms with van der Waals surface area (Å²) in [5, 5.41) is 2.50. The fourth-order valence-corrected chi connectivity index (χ4v) is 1.97. The molecule has 0 bridgehead atoms. The molecule has 0 radical (unpaired) electrons. The molecular formula is C8H14N2O2S. The Morgan fingerprint density at radius 1 is 1.62 bits per heavy atom. The molecule has 0 aromatic rings. The van der Waals surface area contributed by atoms with E-state index in [0.717, 1.165) is 11.5 Å². The van der Waals surface area contributed by atoms with Gasteiger partial charge in [-0.25, -0.2) is 4.79 Å². The molecule has 13 heavy (non-hydrogen) atoms. The van der Waals surface area contributed by atoms with E-state index in [1.165, 1.54) is 4.90 Å². The topological polar surface area (TPSA) is 49.4 Å². The van der Waals surface area contributed by atoms with E-state index in [1.807, 2.05) is 6.92 Å². The third-order valence-electron chi connectivity index (χ3n) is 1.88. The fraction of sp³-hybridized carbons (Fsp3) is 0.750. The van der Waals surface area contributed by atoms with Gasteiger partial charge >= 0.3 is 6.03 Å². The molecule has 1 rings (SSSR count). The van der Waals surface area contributed by atoms with Crippen molar-refractivity contribution in [2.24, 2.45) is 0 Å². The second-order valence-corrected chi connectivity index (χ2v) is 4.25. The number of hydrogen-bond acceptors (Lipinski definition) is 3. The van der Waals surface area contributed by atoms with Crippen molar-refractivity contribution in [3.8, 4) is 0 Å². The number of nitrogens with one attached hydrogen (secondary N) is 1. The number of carbonyl (C=O) groups excluding carboxylic acids is 2. The van der Waals surface area contributed by atoms with Crippen molar-refractivity contribution in [1.82, 2.24) is 10.2 Å². The zero-order chi connectivity index (χ0) is 9.84. The highest BCUT2D eigenvalue weighted by atomic mass is 32.2. The molecular weight excluding hydrogens is 188 g/mol. The Morgan fingerprint density at radius 3 is 2.77 bits per heavy atom. The van der Waals surface area contributed by atoms with Crippen LogP contribution in [-0.4, -0.2) is 40.9 Å². The summed E-state index contributed by atoms with van der Waals surface area (Å²) < 4.78 is 0. The average Bonchev–Trinajstić information content (AvgIpc) is 2.42. The van der Waals surface area contributed by atoms with Crippen molar-refractivity contribution >= 4 is 23.7 Å². The second-order valence-electron chi connectivity index (χ2n) is 2.93. The maximum Gasteiger partial charge on any atom is 0.324 e. The minimum atomic E-state index is -0.255. The molecule has 1 atom stereocenters. The van der Waals surface area contributed by atoms with Gasteiger partial charge in [0.15, 0.2) is 0 Å². The monoisotopic (exact) mass is 202 g/mol. The van der Waals surface area contributed by atoms with Crippen molar-refractivity contribution in [2.75, 3.05) is 18.1 Å². The molecule has 1 heterocycles. The van der Waals surface area contributed by atoms with Crippen LogP contribution in [0.2, 0.25) is 0 Å². The van der Waals surface area contributed by atoms with Gasteiger partial charge in [-0.3, -0.25) is 9.69 Å². The predicted molar refractivity (Wildman–Crippen MR) is 52.7 cm³/mol. The van der Waals surface area contributed by atoms with Gasteiger partial charge in [-0.05, 0) is 12.7 Å². The molecule has 0 aliphatic carbocycles. The highest BCUT2D eigenvalue weighted by Crippen LogP contribution is 2.11. The Bertz CT molecular complexity index is 204. The number of imide groups is 1. The van der Waals surface area contributed by atoms with Crippen LogP contribution in [0.15, 0.2) is 0 Å². The van der Waals surface area contributed by atoms with Crippen molar-refractivity contribution in [3.05, 3.63) is 0 Å². The zero-order valence-corrected chi connectivity index (χ0v) is 8.69. The van der Waals surface area contributed by atoms with E-state index in [-0.39, 0.29) is 24.5 Å². The van der Waals surface area contributed by atoms with Gasteiger partial charge < -0.3 is 5.32 Å². The minimum absolute atomic E-state index is 0.0000463. The summed E-state index contributed by atoms with van der Waals surface area (Å²) in [4.78, 5) is 23.7. The van der Waals surface area contributed by atoms with Crippen LogP contribution in [0.3, 0.4) is 0 Å². The summed E-state index contributed by atoms with van der Waals surface area (Å²) in [5.74, 6) is 1.71. The van der Waals surface area contributed by atoms with Crippen molar-refractivity contribution in [1.29, 1.82) is 0 Å². The van der Waals surface area contributed by atoms with Crippen LogP contribution >= 0.6 is 11.8 Å². The summed E-state index contributed by atoms with van der Waals surface area (Å²) in [6.07, 6.45) is 0. The van der Waals surface area contributed by atoms with Crippen LogP contribution in [0.4, 0.5) is 4.79 Å². The van der Waals surface area contributed by atoms with Crippen LogP contribution in [0.5, 0.6) is 0 Å². The van der Waals surface area contributed by atoms with E-state index in [0.29, 0.717) is 0 Å². The summed E-state index contributed by atoms with van der Waals surface area (Å²) in [5.41, 5.74) is 0. The van der Waals surface area contributed by atoms with Gasteiger partial charge in [-0.1, -0.05) is 6.92 Å². The zero-order valence-electron chi connectivity index (χ0n) is 7.87. The van der Waals surface area contributed by atoms with E-state index in [9.17, 15) is 9.59 Å². The number of hydrogen-bond donors (Lipinski definition) is 1. The van der Waals surface area contributed by atoms with Crippen LogP contribution < -0.4 is 5.32 Å². The SMILES string of the molecule is CCSCC(C)N1C(=O)CNC1=O. The molecule has 1 aliphatic heterocycles. The first-order valence-electron chi connectivity index (χ1n) is 4.34. The van der Waals surface area contributed by atoms with Crippen molar-refractivity contribution in [2.45, 2.75) is 19.9 Å². The molecule has 0 spiro atoms. The summed E-state index contributed by atoms with van der Waals surface area (Å²) >= 11 is 1.73. The first kappa shape index (κ1) is 10.4. The number of thioether (sulfide) groups is 1. The third-order valence-corrected chi connectivity index (χ3v) is 3.01. The third kappa shape index (κ3) is 2.37. The van der Waals surface area contributed by atoms with Gasteiger partial charge in [0, 0.05) is 11.8 Å². The van der Waals surface area contributed by atoms with Gasteiger partial charge in [0.05, 0.1) is 6.54 Å². The second kappa shape index (κ2) is 4.50. The highest BCUT2D eigenvalue weighted by molar-refractivity contribution is 7.99. The van der Waals surface area contributed by atoms with E-state index in [2.05, 4.69) is 12.2 Å². The molecule has 0 aromatic heterocycles. The molecule has 1 fully saturated rings. The lowest BCUT2D eigenvalue weighted by molar-refractivity contribution is -0.126. The molecule has 1 unspecified atom stereocenters. The Kier molecular flexibility index (Phi) is 3.59. The van der Waals surface area contributed by atoms with Crippen LogP contribution in [0, 0.1) is 0 Å². The predicted octanol–water partition coefficient (Wildman–Crippen LogP) is 0.680. The summed E-state index contributed by atoms with van der Waals surface area (Å²) in [7, 11) is 0. The normalized spacial score (nSPS) is 19.1. The molecule has 1 saturated heterocycles. The smallest absolute Gasteiger partial charge is 0.324 e. The van der Waals surface area contributed by atoms with E-state index >= 15 is 0 Å². The van der Waals surface area contributed by atoms with Gasteiger partial charge in [0.2, 0.25) is 5.91 Å². The Balaban J connectivity index is 2.49. The lowest BCUT2D eigenvalue weighted by Crippen LogP contribution is -2.40. The lowest BCUT2D eigenvalue weighted by atomic mass is 10.3. The van der Waals surface area contributed by atoms with Crippen LogP contribution in [0.1, 0.15) is 13.8 Å². The molecule has 1 aliphatic rings. The molecule has 4 nitrogen and oxygen atoms in total. The van der Waals surface area contributed by atoms with E-state index < -0.39 is 0 Å². The highest BCUT2D eigenvalue weighted by Gasteiger charge is 2.32. The van der Waals surface area contributed by atoms with E-state index in [4.69, 9.17) is 0 Å². The fourth-order valence-electron chi connectivity index (χ4n) is 1.24. The maximum atomic E-state index is 11.2. The van der Waals surface area contributed by atoms with Gasteiger partial charge in [-0.2, -0.15) is 11.8 Å². The molecule has 74 valence electrons. The Morgan fingerprint density at radius 2 is 2.31 bits per heavy atom. The first-order valence-corrected chi connectivity index (χ1v) is 5.50. The standard InChI is InChI=1S/C8H14N2O2S/c1-3-13-5-6(2)10-7(11)4-9-8(10)12/h6H,3-5H2,1-2H3,(H,9,12). The van der Waals surface area contributed by atoms with Crippen LogP contribution in [-0.2, 0) is 4.79 Å². The van der Waals surface area contributed by atoms with E-state index in [1.54, 1.807) is 11.8 Å². The molecule has 1 N–H and O–H groups in total. The molecule has 0 saturated carbocycles. The first-order chi connectivity index (χ1) is 6.16. The number of rotatable bonds is 4. The average molecular weight is 202 g/mol. The largest absolute Gasteiger partial charge is 0.329 e. The lowest BCUT2D eigenvalue weighted by Gasteiger charge is -2.20. The summed E-state index contributed by atoms with van der Waals surface area (Å²) in [6.45, 7) is 4.11. The molecule has 5 heteroatoms. The Labute approximate surface area is 82.0 Å². The van der Waals surface area contributed by atoms with Crippen molar-refractivity contribution in [3.63, 3.8) is 0 Å². The van der Waals surface area contributed by atoms with Gasteiger partial charge in [0.1, 0.15) is 0 Å². The van der Waals surface area contributed by atoms with Gasteiger partial charge in [0.25, 0.3) is 0 Å². The minimum Gasteiger partial charge on any atom is -0.329 e. The number of nitrogens with zero attached hydrogens (tertiary/aromatic N) is 1. The summed E-state index contributed by atoms with van der Waals surface area (Å²) in [6, 6.07) is -0.255. The van der Waals surface area contributed by atoms with Gasteiger partial charge in [-0.15, -0.1) is 0 Å². The maximum absolute atomic E-state index is 11.2. The number of amides is 3. The number of urea groups is 1. The molecule has 3 amide bonds. The molecule has 0 aromatic carbocycles. The van der Waals surface area contributed by atoms with Crippen molar-refractivity contribution < 1.29 is 9.59 Å². The van der Waals surface area contributed by atoms with Crippen LogP contribution in [0.25, 0.3) is 0 Å².